The van der Waals surface area contributed by atoms with Gasteiger partial charge in [-0.15, -0.1) is 0 Å². The van der Waals surface area contributed by atoms with Crippen molar-refractivity contribution in [2.75, 3.05) is 0 Å². The molecule has 0 saturated heterocycles. The van der Waals surface area contributed by atoms with Crippen LogP contribution in [0.25, 0.3) is 0 Å². The van der Waals surface area contributed by atoms with Gasteiger partial charge in [-0.1, -0.05) is 52.1 Å². The lowest BCUT2D eigenvalue weighted by Gasteiger charge is -2.10. The molecule has 8 heteroatoms. The highest BCUT2D eigenvalue weighted by Crippen LogP contribution is 2.32. The minimum absolute atomic E-state index is 0.0300. The molecule has 0 aliphatic rings. The topological polar surface area (TPSA) is 21.6 Å². The molecule has 2 nitrogen and oxygen atoms in total. The summed E-state index contributed by atoms with van der Waals surface area (Å²) in [6, 6.07) is 8.16. The number of hydrogen-bond acceptors (Lipinski definition) is 2. The molecule has 0 unspecified atom stereocenters. The maximum absolute atomic E-state index is 12.9. The lowest BCUT2D eigenvalue weighted by Crippen LogP contribution is -2.08. The van der Waals surface area contributed by atoms with E-state index in [1.165, 1.54) is 0 Å². The average Bonchev–Trinajstić information content (AvgIpc) is 2.46. The second-order valence-corrected chi connectivity index (χ2v) is 5.67. The van der Waals surface area contributed by atoms with E-state index in [-0.39, 0.29) is 17.2 Å². The van der Waals surface area contributed by atoms with Crippen molar-refractivity contribution in [3.63, 3.8) is 0 Å². The van der Waals surface area contributed by atoms with Crippen LogP contribution in [0.5, 0.6) is 0 Å². The summed E-state index contributed by atoms with van der Waals surface area (Å²) in [5.74, 6) is 0. The molecule has 2 rings (SSSR count). The molecule has 23 heavy (non-hydrogen) atoms. The first-order valence-electron chi connectivity index (χ1n) is 6.24. The van der Waals surface area contributed by atoms with Crippen molar-refractivity contribution in [2.24, 2.45) is 5.16 Å². The van der Waals surface area contributed by atoms with Gasteiger partial charge in [-0.25, -0.2) is 0 Å². The van der Waals surface area contributed by atoms with E-state index in [1.807, 2.05) is 0 Å². The van der Waals surface area contributed by atoms with Gasteiger partial charge in [-0.3, -0.25) is 0 Å². The van der Waals surface area contributed by atoms with E-state index < -0.39 is 11.7 Å². The Morgan fingerprint density at radius 1 is 1.09 bits per heavy atom. The van der Waals surface area contributed by atoms with Gasteiger partial charge in [0.2, 0.25) is 0 Å². The van der Waals surface area contributed by atoms with Crippen molar-refractivity contribution >= 4 is 41.0 Å². The van der Waals surface area contributed by atoms with Crippen molar-refractivity contribution in [1.82, 2.24) is 0 Å². The molecule has 0 saturated carbocycles. The highest BCUT2D eigenvalue weighted by Gasteiger charge is 2.32. The quantitative estimate of drug-likeness (QED) is 0.454. The van der Waals surface area contributed by atoms with Crippen LogP contribution >= 0.6 is 34.8 Å². The molecule has 0 amide bonds. The summed E-state index contributed by atoms with van der Waals surface area (Å²) in [5.41, 5.74) is -0.476. The van der Waals surface area contributed by atoms with Crippen LogP contribution in [0.1, 0.15) is 16.7 Å². The van der Waals surface area contributed by atoms with Crippen molar-refractivity contribution in [3.05, 3.63) is 68.2 Å². The van der Waals surface area contributed by atoms with E-state index >= 15 is 0 Å². The number of benzene rings is 2. The van der Waals surface area contributed by atoms with Crippen molar-refractivity contribution in [3.8, 4) is 0 Å². The van der Waals surface area contributed by atoms with E-state index in [1.54, 1.807) is 18.2 Å². The zero-order valence-corrected chi connectivity index (χ0v) is 13.6. The number of rotatable bonds is 4. The molecule has 0 aliphatic heterocycles. The predicted molar refractivity (Wildman–Crippen MR) is 85.3 cm³/mol. The molecule has 0 aliphatic carbocycles. The Morgan fingerprint density at radius 3 is 2.52 bits per heavy atom. The molecular formula is C15H9Cl3F3NO. The minimum Gasteiger partial charge on any atom is -0.391 e. The summed E-state index contributed by atoms with van der Waals surface area (Å²) < 4.78 is 38.6. The summed E-state index contributed by atoms with van der Waals surface area (Å²) in [5, 5.41) is 4.36. The molecule has 0 N–H and O–H groups in total. The molecule has 0 bridgehead atoms. The molecule has 2 aromatic rings. The van der Waals surface area contributed by atoms with Crippen LogP contribution in [-0.2, 0) is 17.6 Å². The van der Waals surface area contributed by atoms with Gasteiger partial charge in [0.25, 0.3) is 0 Å². The minimum atomic E-state index is -4.51. The predicted octanol–water partition coefficient (Wildman–Crippen LogP) is 6.22. The van der Waals surface area contributed by atoms with Gasteiger partial charge in [0.15, 0.2) is 0 Å². The van der Waals surface area contributed by atoms with Crippen LogP contribution in [0.2, 0.25) is 15.1 Å². The third-order valence-electron chi connectivity index (χ3n) is 2.84. The van der Waals surface area contributed by atoms with Gasteiger partial charge < -0.3 is 4.84 Å². The van der Waals surface area contributed by atoms with Crippen LogP contribution in [0.15, 0.2) is 41.6 Å². The summed E-state index contributed by atoms with van der Waals surface area (Å²) in [7, 11) is 0. The highest BCUT2D eigenvalue weighted by molar-refractivity contribution is 6.42. The second-order valence-electron chi connectivity index (χ2n) is 4.45. The normalized spacial score (nSPS) is 11.9. The first kappa shape index (κ1) is 17.9. The summed E-state index contributed by atoms with van der Waals surface area (Å²) in [4.78, 5) is 4.98. The van der Waals surface area contributed by atoms with E-state index in [4.69, 9.17) is 39.6 Å². The Labute approximate surface area is 145 Å². The Balaban J connectivity index is 2.12. The van der Waals surface area contributed by atoms with Gasteiger partial charge in [-0.05, 0) is 24.3 Å². The lowest BCUT2D eigenvalue weighted by atomic mass is 10.1. The van der Waals surface area contributed by atoms with Crippen LogP contribution in [0, 0.1) is 0 Å². The smallest absolute Gasteiger partial charge is 0.391 e. The third kappa shape index (κ3) is 4.77. The Kier molecular flexibility index (Phi) is 5.79. The van der Waals surface area contributed by atoms with E-state index in [0.29, 0.717) is 15.6 Å². The van der Waals surface area contributed by atoms with Crippen molar-refractivity contribution < 1.29 is 18.0 Å². The zero-order valence-electron chi connectivity index (χ0n) is 11.4. The largest absolute Gasteiger partial charge is 0.417 e. The van der Waals surface area contributed by atoms with Crippen molar-refractivity contribution in [2.45, 2.75) is 12.8 Å². The monoisotopic (exact) mass is 381 g/mol. The van der Waals surface area contributed by atoms with Gasteiger partial charge in [-0.2, -0.15) is 13.2 Å². The number of alkyl halides is 3. The lowest BCUT2D eigenvalue weighted by molar-refractivity contribution is -0.137. The summed E-state index contributed by atoms with van der Waals surface area (Å²) in [6.45, 7) is -0.0300. The fourth-order valence-electron chi connectivity index (χ4n) is 1.76. The SMILES string of the molecule is FC(F)(F)c1ccc(Cl)cc1/C=N/OCc1cccc(Cl)c1Cl. The van der Waals surface area contributed by atoms with Gasteiger partial charge >= 0.3 is 6.18 Å². The number of halogens is 6. The van der Waals surface area contributed by atoms with Gasteiger partial charge in [0, 0.05) is 16.1 Å². The van der Waals surface area contributed by atoms with E-state index in [2.05, 4.69) is 5.16 Å². The Bertz CT molecular complexity index is 732. The summed E-state index contributed by atoms with van der Waals surface area (Å²) >= 11 is 17.5. The van der Waals surface area contributed by atoms with Crippen LogP contribution < -0.4 is 0 Å². The van der Waals surface area contributed by atoms with E-state index in [0.717, 1.165) is 24.4 Å². The van der Waals surface area contributed by atoms with Crippen LogP contribution in [0.4, 0.5) is 13.2 Å². The second kappa shape index (κ2) is 7.43. The fourth-order valence-corrected chi connectivity index (χ4v) is 2.31. The highest BCUT2D eigenvalue weighted by atomic mass is 35.5. The number of oxime groups is 1. The molecule has 0 atom stereocenters. The molecule has 122 valence electrons. The Hall–Kier alpha value is -1.43. The third-order valence-corrected chi connectivity index (χ3v) is 3.93. The molecule has 0 aromatic heterocycles. The first-order valence-corrected chi connectivity index (χ1v) is 7.37. The number of nitrogens with zero attached hydrogens (tertiary/aromatic N) is 1. The Morgan fingerprint density at radius 2 is 1.83 bits per heavy atom. The van der Waals surface area contributed by atoms with E-state index in [9.17, 15) is 13.2 Å². The molecule has 0 fully saturated rings. The van der Waals surface area contributed by atoms with Gasteiger partial charge in [0.05, 0.1) is 21.8 Å². The molecule has 0 radical (unpaired) electrons. The summed E-state index contributed by atoms with van der Waals surface area (Å²) in [6.07, 6.45) is -3.56. The molecular weight excluding hydrogens is 374 g/mol. The molecule has 2 aromatic carbocycles. The number of hydrogen-bond donors (Lipinski definition) is 0. The maximum atomic E-state index is 12.9. The fraction of sp³-hybridized carbons (Fsp3) is 0.133. The average molecular weight is 383 g/mol. The van der Waals surface area contributed by atoms with Crippen LogP contribution in [-0.4, -0.2) is 6.21 Å². The zero-order chi connectivity index (χ0) is 17.0. The van der Waals surface area contributed by atoms with Crippen LogP contribution in [0.3, 0.4) is 0 Å². The molecule has 0 spiro atoms. The maximum Gasteiger partial charge on any atom is 0.417 e. The van der Waals surface area contributed by atoms with Crippen molar-refractivity contribution in [1.29, 1.82) is 0 Å². The van der Waals surface area contributed by atoms with Gasteiger partial charge in [0.1, 0.15) is 6.61 Å². The first-order chi connectivity index (χ1) is 10.8. The molecule has 0 heterocycles. The standard InChI is InChI=1S/C15H9Cl3F3NO/c16-11-4-5-12(15(19,20)21)10(6-11)7-22-23-8-9-2-1-3-13(17)14(9)18/h1-7H,8H2/b22-7+.